The summed E-state index contributed by atoms with van der Waals surface area (Å²) in [6.07, 6.45) is -0.408. The summed E-state index contributed by atoms with van der Waals surface area (Å²) >= 11 is 0. The van der Waals surface area contributed by atoms with E-state index in [0.29, 0.717) is 26.3 Å². The lowest BCUT2D eigenvalue weighted by molar-refractivity contribution is 0.0426. The van der Waals surface area contributed by atoms with Gasteiger partial charge in [0, 0.05) is 19.6 Å². The molecular formula is C30H38N2O6. The van der Waals surface area contributed by atoms with E-state index in [4.69, 9.17) is 23.7 Å². The van der Waals surface area contributed by atoms with E-state index in [2.05, 4.69) is 11.0 Å². The Hall–Kier alpha value is -3.75. The average molecular weight is 523 g/mol. The van der Waals surface area contributed by atoms with Gasteiger partial charge in [-0.2, -0.15) is 0 Å². The highest BCUT2D eigenvalue weighted by Crippen LogP contribution is 2.18. The summed E-state index contributed by atoms with van der Waals surface area (Å²) in [6, 6.07) is 23.3. The molecule has 3 aromatic rings. The van der Waals surface area contributed by atoms with Crippen LogP contribution in [0.15, 0.2) is 72.8 Å². The van der Waals surface area contributed by atoms with Crippen LogP contribution in [-0.4, -0.2) is 70.6 Å². The maximum atomic E-state index is 13.0. The second kappa shape index (κ2) is 15.5. The molecule has 0 unspecified atom stereocenters. The fourth-order valence-corrected chi connectivity index (χ4v) is 3.79. The van der Waals surface area contributed by atoms with Crippen molar-refractivity contribution in [3.05, 3.63) is 89.5 Å². The molecule has 1 amide bonds. The third-order valence-electron chi connectivity index (χ3n) is 5.67. The number of rotatable bonds is 15. The Balaban J connectivity index is 1.45. The largest absolute Gasteiger partial charge is 0.497 e. The predicted molar refractivity (Wildman–Crippen MR) is 147 cm³/mol. The fraction of sp³-hybridized carbons (Fsp3) is 0.367. The molecule has 0 radical (unpaired) electrons. The Morgan fingerprint density at radius 2 is 1.24 bits per heavy atom. The Morgan fingerprint density at radius 3 is 1.79 bits per heavy atom. The van der Waals surface area contributed by atoms with Gasteiger partial charge in [-0.1, -0.05) is 36.4 Å². The summed E-state index contributed by atoms with van der Waals surface area (Å²) in [5, 5.41) is 0. The van der Waals surface area contributed by atoms with E-state index < -0.39 is 6.09 Å². The number of methoxy groups -OCH3 is 2. The lowest BCUT2D eigenvalue weighted by Crippen LogP contribution is -2.31. The maximum absolute atomic E-state index is 13.0. The van der Waals surface area contributed by atoms with Crippen LogP contribution in [0.3, 0.4) is 0 Å². The van der Waals surface area contributed by atoms with Crippen LogP contribution < -0.4 is 14.2 Å². The Morgan fingerprint density at radius 1 is 0.658 bits per heavy atom. The topological polar surface area (TPSA) is 69.7 Å². The van der Waals surface area contributed by atoms with Gasteiger partial charge >= 0.3 is 6.09 Å². The molecule has 38 heavy (non-hydrogen) atoms. The molecule has 0 aliphatic heterocycles. The van der Waals surface area contributed by atoms with Gasteiger partial charge in [0.25, 0.3) is 0 Å². The fourth-order valence-electron chi connectivity index (χ4n) is 3.79. The molecule has 0 aliphatic rings. The number of benzene rings is 3. The van der Waals surface area contributed by atoms with Crippen LogP contribution >= 0.6 is 0 Å². The molecule has 0 heterocycles. The van der Waals surface area contributed by atoms with Crippen LogP contribution in [0.2, 0.25) is 0 Å². The van der Waals surface area contributed by atoms with Crippen molar-refractivity contribution in [1.29, 1.82) is 0 Å². The minimum absolute atomic E-state index is 0.152. The van der Waals surface area contributed by atoms with Crippen molar-refractivity contribution in [2.45, 2.75) is 19.6 Å². The third kappa shape index (κ3) is 9.95. The van der Waals surface area contributed by atoms with Crippen molar-refractivity contribution >= 4 is 6.09 Å². The SMILES string of the molecule is COc1ccc(CN(Cc2ccc(OC)cc2)C(=O)OCCOCCOc2cccc(CN(C)C)c2)cc1. The van der Waals surface area contributed by atoms with E-state index >= 15 is 0 Å². The highest BCUT2D eigenvalue weighted by Gasteiger charge is 2.16. The summed E-state index contributed by atoms with van der Waals surface area (Å²) in [5.41, 5.74) is 3.13. The summed E-state index contributed by atoms with van der Waals surface area (Å²) in [6.45, 7) is 2.91. The van der Waals surface area contributed by atoms with Crippen LogP contribution in [-0.2, 0) is 29.1 Å². The van der Waals surface area contributed by atoms with Crippen LogP contribution in [0.5, 0.6) is 17.2 Å². The molecule has 3 aromatic carbocycles. The van der Waals surface area contributed by atoms with E-state index in [1.165, 1.54) is 5.56 Å². The quantitative estimate of drug-likeness (QED) is 0.260. The lowest BCUT2D eigenvalue weighted by atomic mass is 10.1. The second-order valence-electron chi connectivity index (χ2n) is 9.01. The van der Waals surface area contributed by atoms with Gasteiger partial charge in [-0.15, -0.1) is 0 Å². The molecule has 0 aromatic heterocycles. The average Bonchev–Trinajstić information content (AvgIpc) is 2.92. The molecule has 0 aliphatic carbocycles. The number of hydrogen-bond acceptors (Lipinski definition) is 7. The molecule has 0 spiro atoms. The zero-order valence-corrected chi connectivity index (χ0v) is 22.7. The van der Waals surface area contributed by atoms with Crippen molar-refractivity contribution in [3.8, 4) is 17.2 Å². The molecule has 0 saturated heterocycles. The minimum atomic E-state index is -0.408. The number of carbonyl (C=O) groups excluding carboxylic acids is 1. The molecule has 204 valence electrons. The number of ether oxygens (including phenoxy) is 5. The number of carbonyl (C=O) groups is 1. The molecule has 0 saturated carbocycles. The first-order chi connectivity index (χ1) is 18.5. The Kier molecular flexibility index (Phi) is 11.7. The summed E-state index contributed by atoms with van der Waals surface area (Å²) in [7, 11) is 7.32. The summed E-state index contributed by atoms with van der Waals surface area (Å²) in [4.78, 5) is 16.7. The maximum Gasteiger partial charge on any atom is 0.410 e. The van der Waals surface area contributed by atoms with Crippen molar-refractivity contribution < 1.29 is 28.5 Å². The third-order valence-corrected chi connectivity index (χ3v) is 5.67. The zero-order valence-electron chi connectivity index (χ0n) is 22.7. The molecule has 3 rings (SSSR count). The highest BCUT2D eigenvalue weighted by atomic mass is 16.6. The predicted octanol–water partition coefficient (Wildman–Crippen LogP) is 5.00. The summed E-state index contributed by atoms with van der Waals surface area (Å²) < 4.78 is 27.4. The van der Waals surface area contributed by atoms with E-state index in [1.807, 2.05) is 80.8 Å². The van der Waals surface area contributed by atoms with Gasteiger partial charge in [0.2, 0.25) is 0 Å². The van der Waals surface area contributed by atoms with Gasteiger partial charge < -0.3 is 28.6 Å². The van der Waals surface area contributed by atoms with Crippen molar-refractivity contribution in [1.82, 2.24) is 9.80 Å². The second-order valence-corrected chi connectivity index (χ2v) is 9.01. The Labute approximate surface area is 225 Å². The summed E-state index contributed by atoms with van der Waals surface area (Å²) in [5.74, 6) is 2.34. The van der Waals surface area contributed by atoms with E-state index in [-0.39, 0.29) is 13.2 Å². The zero-order chi connectivity index (χ0) is 27.2. The first-order valence-electron chi connectivity index (χ1n) is 12.6. The molecule has 0 fully saturated rings. The number of nitrogens with zero attached hydrogens (tertiary/aromatic N) is 2. The minimum Gasteiger partial charge on any atom is -0.497 e. The van der Waals surface area contributed by atoms with E-state index in [1.54, 1.807) is 19.1 Å². The lowest BCUT2D eigenvalue weighted by Gasteiger charge is -2.23. The number of amides is 1. The first kappa shape index (κ1) is 28.8. The highest BCUT2D eigenvalue weighted by molar-refractivity contribution is 5.67. The molecular weight excluding hydrogens is 484 g/mol. The van der Waals surface area contributed by atoms with Gasteiger partial charge in [0.1, 0.15) is 30.5 Å². The molecule has 8 nitrogen and oxygen atoms in total. The Bertz CT molecular complexity index is 1050. The number of hydrogen-bond donors (Lipinski definition) is 0. The molecule has 8 heteroatoms. The molecule has 0 atom stereocenters. The van der Waals surface area contributed by atoms with E-state index in [9.17, 15) is 4.79 Å². The van der Waals surface area contributed by atoms with Crippen LogP contribution in [0.1, 0.15) is 16.7 Å². The van der Waals surface area contributed by atoms with Gasteiger partial charge in [-0.05, 0) is 67.2 Å². The van der Waals surface area contributed by atoms with Crippen molar-refractivity contribution in [2.75, 3.05) is 54.7 Å². The van der Waals surface area contributed by atoms with Crippen molar-refractivity contribution in [3.63, 3.8) is 0 Å². The van der Waals surface area contributed by atoms with Gasteiger partial charge in [0.15, 0.2) is 0 Å². The van der Waals surface area contributed by atoms with Crippen molar-refractivity contribution in [2.24, 2.45) is 0 Å². The van der Waals surface area contributed by atoms with E-state index in [0.717, 1.165) is 34.9 Å². The van der Waals surface area contributed by atoms with Gasteiger partial charge in [-0.25, -0.2) is 4.79 Å². The van der Waals surface area contributed by atoms with Gasteiger partial charge in [0.05, 0.1) is 27.4 Å². The van der Waals surface area contributed by atoms with Crippen LogP contribution in [0.25, 0.3) is 0 Å². The smallest absolute Gasteiger partial charge is 0.410 e. The first-order valence-corrected chi connectivity index (χ1v) is 12.6. The molecule has 0 bridgehead atoms. The molecule has 0 N–H and O–H groups in total. The standard InChI is InChI=1S/C30H38N2O6/c1-31(2)21-26-6-5-7-29(20-26)37-18-16-36-17-19-38-30(33)32(22-24-8-12-27(34-3)13-9-24)23-25-10-14-28(35-4)15-11-25/h5-15,20H,16-19,21-23H2,1-4H3. The van der Waals surface area contributed by atoms with Crippen LogP contribution in [0, 0.1) is 0 Å². The van der Waals surface area contributed by atoms with Crippen LogP contribution in [0.4, 0.5) is 4.79 Å². The van der Waals surface area contributed by atoms with Gasteiger partial charge in [-0.3, -0.25) is 4.90 Å². The normalized spacial score (nSPS) is 10.8. The monoisotopic (exact) mass is 522 g/mol.